The maximum atomic E-state index is 3.58. The molecule has 2 nitrogen and oxygen atoms in total. The molecule has 1 N–H and O–H groups in total. The first-order chi connectivity index (χ1) is 9.53. The van der Waals surface area contributed by atoms with Crippen LogP contribution in [0.15, 0.2) is 0 Å². The first kappa shape index (κ1) is 16.3. The molecular weight excluding hydrogens is 244 g/mol. The number of rotatable bonds is 11. The number of hydrogen-bond donors (Lipinski definition) is 1. The molecule has 0 aromatic heterocycles. The zero-order valence-corrected chi connectivity index (χ0v) is 14.1. The second-order valence-corrected chi connectivity index (χ2v) is 8.24. The molecule has 0 bridgehead atoms. The zero-order chi connectivity index (χ0) is 14.4. The highest BCUT2D eigenvalue weighted by Gasteiger charge is 2.28. The molecule has 0 radical (unpaired) electrons. The van der Waals surface area contributed by atoms with E-state index in [9.17, 15) is 0 Å². The Morgan fingerprint density at radius 1 is 0.850 bits per heavy atom. The van der Waals surface area contributed by atoms with Crippen molar-refractivity contribution < 1.29 is 0 Å². The third-order valence-electron chi connectivity index (χ3n) is 4.48. The molecule has 118 valence electrons. The molecule has 2 saturated carbocycles. The first-order valence-corrected chi connectivity index (χ1v) is 9.00. The van der Waals surface area contributed by atoms with Crippen LogP contribution in [0.2, 0.25) is 0 Å². The molecule has 0 saturated heterocycles. The Hall–Kier alpha value is -0.0800. The van der Waals surface area contributed by atoms with Gasteiger partial charge in [-0.25, -0.2) is 0 Å². The van der Waals surface area contributed by atoms with Gasteiger partial charge in [-0.1, -0.05) is 12.8 Å². The number of nitrogens with one attached hydrogen (secondary N) is 1. The maximum absolute atomic E-state index is 3.58. The minimum Gasteiger partial charge on any atom is -0.312 e. The largest absolute Gasteiger partial charge is 0.312 e. The van der Waals surface area contributed by atoms with E-state index in [2.05, 4.69) is 31.0 Å². The van der Waals surface area contributed by atoms with Crippen molar-refractivity contribution in [3.05, 3.63) is 0 Å². The third-order valence-corrected chi connectivity index (χ3v) is 4.48. The van der Waals surface area contributed by atoms with Gasteiger partial charge in [0.1, 0.15) is 0 Å². The lowest BCUT2D eigenvalue weighted by Gasteiger charge is -2.22. The van der Waals surface area contributed by atoms with Crippen molar-refractivity contribution >= 4 is 0 Å². The van der Waals surface area contributed by atoms with Gasteiger partial charge < -0.3 is 10.2 Å². The Morgan fingerprint density at radius 2 is 1.40 bits per heavy atom. The maximum Gasteiger partial charge on any atom is 0.00965 e. The minimum atomic E-state index is 0.283. The molecule has 0 atom stereocenters. The summed E-state index contributed by atoms with van der Waals surface area (Å²) in [4.78, 5) is 2.78. The van der Waals surface area contributed by atoms with Gasteiger partial charge in [0.15, 0.2) is 0 Å². The van der Waals surface area contributed by atoms with Crippen LogP contribution in [0.4, 0.5) is 0 Å². The van der Waals surface area contributed by atoms with Crippen LogP contribution >= 0.6 is 0 Å². The highest BCUT2D eigenvalue weighted by molar-refractivity contribution is 4.82. The smallest absolute Gasteiger partial charge is 0.00965 e. The molecule has 20 heavy (non-hydrogen) atoms. The first-order valence-electron chi connectivity index (χ1n) is 9.00. The molecule has 0 spiro atoms. The zero-order valence-electron chi connectivity index (χ0n) is 14.1. The second-order valence-electron chi connectivity index (χ2n) is 8.24. The van der Waals surface area contributed by atoms with Gasteiger partial charge in [-0.3, -0.25) is 0 Å². The van der Waals surface area contributed by atoms with Crippen LogP contribution < -0.4 is 5.32 Å². The van der Waals surface area contributed by atoms with Crippen molar-refractivity contribution in [3.8, 4) is 0 Å². The summed E-state index contributed by atoms with van der Waals surface area (Å²) < 4.78 is 0. The summed E-state index contributed by atoms with van der Waals surface area (Å²) in [5.41, 5.74) is 0.283. The highest BCUT2D eigenvalue weighted by Crippen LogP contribution is 2.33. The lowest BCUT2D eigenvalue weighted by molar-refractivity contribution is 0.246. The van der Waals surface area contributed by atoms with E-state index in [-0.39, 0.29) is 5.54 Å². The van der Waals surface area contributed by atoms with E-state index >= 15 is 0 Å². The van der Waals surface area contributed by atoms with Crippen LogP contribution in [0, 0.1) is 11.8 Å². The molecule has 0 unspecified atom stereocenters. The monoisotopic (exact) mass is 280 g/mol. The Bertz CT molecular complexity index is 247. The normalized spacial score (nSPS) is 19.8. The molecular formula is C18H36N2. The fraction of sp³-hybridized carbons (Fsp3) is 1.00. The van der Waals surface area contributed by atoms with Gasteiger partial charge in [0, 0.05) is 18.6 Å². The standard InChI is InChI=1S/C18H36N2/c1-18(2,3)19-12-6-4-5-7-13-20(14-16-8-9-16)15-17-10-11-17/h16-17,19H,4-15H2,1-3H3. The van der Waals surface area contributed by atoms with E-state index in [1.54, 1.807) is 0 Å². The van der Waals surface area contributed by atoms with Crippen molar-refractivity contribution in [2.75, 3.05) is 26.2 Å². The highest BCUT2D eigenvalue weighted by atomic mass is 15.1. The number of hydrogen-bond acceptors (Lipinski definition) is 2. The topological polar surface area (TPSA) is 15.3 Å². The average molecular weight is 280 g/mol. The molecule has 2 aliphatic rings. The van der Waals surface area contributed by atoms with Crippen LogP contribution in [-0.2, 0) is 0 Å². The van der Waals surface area contributed by atoms with Crippen LogP contribution in [0.5, 0.6) is 0 Å². The summed E-state index contributed by atoms with van der Waals surface area (Å²) in [5.74, 6) is 2.12. The third kappa shape index (κ3) is 8.26. The second kappa shape index (κ2) is 7.79. The van der Waals surface area contributed by atoms with Crippen molar-refractivity contribution in [1.29, 1.82) is 0 Å². The van der Waals surface area contributed by atoms with Gasteiger partial charge in [0.05, 0.1) is 0 Å². The van der Waals surface area contributed by atoms with E-state index in [1.807, 2.05) is 0 Å². The van der Waals surface area contributed by atoms with Gasteiger partial charge in [-0.2, -0.15) is 0 Å². The predicted molar refractivity (Wildman–Crippen MR) is 88.1 cm³/mol. The fourth-order valence-electron chi connectivity index (χ4n) is 2.87. The van der Waals surface area contributed by atoms with E-state index in [0.717, 1.165) is 11.8 Å². The van der Waals surface area contributed by atoms with Crippen LogP contribution in [0.3, 0.4) is 0 Å². The Balaban J connectivity index is 1.45. The SMILES string of the molecule is CC(C)(C)NCCCCCCN(CC1CC1)CC1CC1. The molecule has 2 aliphatic carbocycles. The summed E-state index contributed by atoms with van der Waals surface area (Å²) in [7, 11) is 0. The Morgan fingerprint density at radius 3 is 1.90 bits per heavy atom. The van der Waals surface area contributed by atoms with Gasteiger partial charge >= 0.3 is 0 Å². The van der Waals surface area contributed by atoms with Gasteiger partial charge in [-0.15, -0.1) is 0 Å². The molecule has 0 aliphatic heterocycles. The molecule has 0 aromatic rings. The molecule has 0 amide bonds. The van der Waals surface area contributed by atoms with Gasteiger partial charge in [-0.05, 0) is 84.2 Å². The van der Waals surface area contributed by atoms with E-state index in [4.69, 9.17) is 0 Å². The summed E-state index contributed by atoms with van der Waals surface area (Å²) in [6.07, 6.45) is 11.6. The fourth-order valence-corrected chi connectivity index (χ4v) is 2.87. The number of nitrogens with zero attached hydrogens (tertiary/aromatic N) is 1. The molecule has 2 heteroatoms. The van der Waals surface area contributed by atoms with Crippen molar-refractivity contribution in [2.45, 2.75) is 77.7 Å². The van der Waals surface area contributed by atoms with Crippen molar-refractivity contribution in [3.63, 3.8) is 0 Å². The van der Waals surface area contributed by atoms with Crippen LogP contribution in [0.25, 0.3) is 0 Å². The summed E-state index contributed by atoms with van der Waals surface area (Å²) in [5, 5.41) is 3.58. The Labute approximate surface area is 126 Å². The molecule has 2 fully saturated rings. The van der Waals surface area contributed by atoms with Crippen molar-refractivity contribution in [2.24, 2.45) is 11.8 Å². The minimum absolute atomic E-state index is 0.283. The lowest BCUT2D eigenvalue weighted by atomic mass is 10.1. The van der Waals surface area contributed by atoms with E-state index < -0.39 is 0 Å². The summed E-state index contributed by atoms with van der Waals surface area (Å²) >= 11 is 0. The summed E-state index contributed by atoms with van der Waals surface area (Å²) in [6.45, 7) is 12.1. The molecule has 0 heterocycles. The van der Waals surface area contributed by atoms with E-state index in [1.165, 1.54) is 77.5 Å². The Kier molecular flexibility index (Phi) is 6.35. The number of unbranched alkanes of at least 4 members (excludes halogenated alkanes) is 3. The average Bonchev–Trinajstić information content (AvgIpc) is 3.21. The lowest BCUT2D eigenvalue weighted by Crippen LogP contribution is -2.36. The predicted octanol–water partition coefficient (Wildman–Crippen LogP) is 4.06. The van der Waals surface area contributed by atoms with Gasteiger partial charge in [0.2, 0.25) is 0 Å². The van der Waals surface area contributed by atoms with Crippen LogP contribution in [-0.4, -0.2) is 36.6 Å². The summed E-state index contributed by atoms with van der Waals surface area (Å²) in [6, 6.07) is 0. The van der Waals surface area contributed by atoms with Crippen molar-refractivity contribution in [1.82, 2.24) is 10.2 Å². The molecule has 0 aromatic carbocycles. The van der Waals surface area contributed by atoms with Crippen LogP contribution in [0.1, 0.15) is 72.1 Å². The van der Waals surface area contributed by atoms with Gasteiger partial charge in [0.25, 0.3) is 0 Å². The molecule has 2 rings (SSSR count). The quantitative estimate of drug-likeness (QED) is 0.574. The van der Waals surface area contributed by atoms with E-state index in [0.29, 0.717) is 0 Å².